The van der Waals surface area contributed by atoms with Gasteiger partial charge in [-0.25, -0.2) is 13.1 Å². The highest BCUT2D eigenvalue weighted by molar-refractivity contribution is 7.89. The van der Waals surface area contributed by atoms with Crippen LogP contribution in [0.2, 0.25) is 0 Å². The highest BCUT2D eigenvalue weighted by Crippen LogP contribution is 1.90. The average molecular weight is 224 g/mol. The summed E-state index contributed by atoms with van der Waals surface area (Å²) in [6.45, 7) is 5.95. The molecule has 1 atom stereocenters. The molecule has 0 bridgehead atoms. The first-order valence-electron chi connectivity index (χ1n) is 4.68. The second-order valence-corrected chi connectivity index (χ2v) is 5.49. The quantitative estimate of drug-likeness (QED) is 0.621. The van der Waals surface area contributed by atoms with E-state index < -0.39 is 10.0 Å². The van der Waals surface area contributed by atoms with Crippen molar-refractivity contribution >= 4 is 10.0 Å². The molecule has 0 aromatic carbocycles. The van der Waals surface area contributed by atoms with Crippen molar-refractivity contribution in [3.8, 4) is 0 Å². The molecule has 0 heterocycles. The smallest absolute Gasteiger partial charge is 0.213 e. The van der Waals surface area contributed by atoms with Crippen molar-refractivity contribution in [3.63, 3.8) is 0 Å². The molecule has 0 aliphatic heterocycles. The van der Waals surface area contributed by atoms with Crippen molar-refractivity contribution in [1.29, 1.82) is 0 Å². The molecular weight excluding hydrogens is 204 g/mol. The number of sulfonamides is 1. The predicted octanol–water partition coefficient (Wildman–Crippen LogP) is -0.322. The number of hydrogen-bond donors (Lipinski definition) is 2. The Bertz CT molecular complexity index is 237. The fraction of sp³-hybridized carbons (Fsp3) is 1.00. The molecule has 0 aliphatic rings. The van der Waals surface area contributed by atoms with Crippen LogP contribution in [0.5, 0.6) is 0 Å². The maximum Gasteiger partial charge on any atom is 0.213 e. The van der Waals surface area contributed by atoms with Gasteiger partial charge in [-0.1, -0.05) is 0 Å². The minimum atomic E-state index is -3.23. The molecule has 86 valence electrons. The Labute approximate surface area is 86.1 Å². The molecule has 0 spiro atoms. The zero-order chi connectivity index (χ0) is 11.2. The zero-order valence-corrected chi connectivity index (χ0v) is 9.80. The standard InChI is InChI=1S/C8H20N2O3S/c1-7(2)13-4-5-14(11,12)10-6-8(3)9/h7-8,10H,4-6,9H2,1-3H3. The lowest BCUT2D eigenvalue weighted by molar-refractivity contribution is 0.0911. The summed E-state index contributed by atoms with van der Waals surface area (Å²) in [6.07, 6.45) is 0.0543. The number of ether oxygens (including phenoxy) is 1. The highest BCUT2D eigenvalue weighted by atomic mass is 32.2. The van der Waals surface area contributed by atoms with Gasteiger partial charge in [-0.2, -0.15) is 0 Å². The van der Waals surface area contributed by atoms with E-state index in [4.69, 9.17) is 10.5 Å². The highest BCUT2D eigenvalue weighted by Gasteiger charge is 2.10. The van der Waals surface area contributed by atoms with Gasteiger partial charge in [-0.15, -0.1) is 0 Å². The molecule has 0 rings (SSSR count). The lowest BCUT2D eigenvalue weighted by Crippen LogP contribution is -2.37. The number of nitrogens with two attached hydrogens (primary N) is 1. The molecule has 0 radical (unpaired) electrons. The van der Waals surface area contributed by atoms with Gasteiger partial charge in [0.15, 0.2) is 0 Å². The molecule has 0 aromatic rings. The molecule has 1 unspecified atom stereocenters. The van der Waals surface area contributed by atoms with Crippen molar-refractivity contribution in [3.05, 3.63) is 0 Å². The molecule has 0 aliphatic carbocycles. The molecule has 3 N–H and O–H groups in total. The van der Waals surface area contributed by atoms with E-state index in [-0.39, 0.29) is 31.1 Å². The Balaban J connectivity index is 3.73. The predicted molar refractivity (Wildman–Crippen MR) is 56.5 cm³/mol. The summed E-state index contributed by atoms with van der Waals surface area (Å²) in [6, 6.07) is -0.171. The van der Waals surface area contributed by atoms with E-state index in [1.807, 2.05) is 13.8 Å². The minimum Gasteiger partial charge on any atom is -0.378 e. The van der Waals surface area contributed by atoms with Crippen molar-refractivity contribution in [2.24, 2.45) is 5.73 Å². The van der Waals surface area contributed by atoms with Gasteiger partial charge in [-0.05, 0) is 20.8 Å². The Hall–Kier alpha value is -0.170. The molecule has 14 heavy (non-hydrogen) atoms. The van der Waals surface area contributed by atoms with Crippen LogP contribution < -0.4 is 10.5 Å². The normalized spacial score (nSPS) is 14.6. The molecule has 0 aromatic heterocycles. The monoisotopic (exact) mass is 224 g/mol. The van der Waals surface area contributed by atoms with E-state index in [1.54, 1.807) is 6.92 Å². The Kier molecular flexibility index (Phi) is 6.26. The van der Waals surface area contributed by atoms with Crippen molar-refractivity contribution in [1.82, 2.24) is 4.72 Å². The molecule has 5 nitrogen and oxygen atoms in total. The van der Waals surface area contributed by atoms with Crippen molar-refractivity contribution < 1.29 is 13.2 Å². The fourth-order valence-electron chi connectivity index (χ4n) is 0.724. The van der Waals surface area contributed by atoms with E-state index in [0.717, 1.165) is 0 Å². The zero-order valence-electron chi connectivity index (χ0n) is 8.99. The first-order valence-corrected chi connectivity index (χ1v) is 6.33. The molecule has 6 heteroatoms. The Morgan fingerprint density at radius 2 is 1.93 bits per heavy atom. The summed E-state index contributed by atoms with van der Waals surface area (Å²) in [5.74, 6) is -0.0160. The summed E-state index contributed by atoms with van der Waals surface area (Å²) in [4.78, 5) is 0. The van der Waals surface area contributed by atoms with Gasteiger partial charge in [0.05, 0.1) is 18.5 Å². The largest absolute Gasteiger partial charge is 0.378 e. The van der Waals surface area contributed by atoms with Gasteiger partial charge in [0.1, 0.15) is 0 Å². The first kappa shape index (κ1) is 13.8. The van der Waals surface area contributed by atoms with E-state index in [9.17, 15) is 8.42 Å². The third kappa shape index (κ3) is 8.43. The average Bonchev–Trinajstić information content (AvgIpc) is 2.00. The molecule has 0 fully saturated rings. The lowest BCUT2D eigenvalue weighted by Gasteiger charge is -2.10. The van der Waals surface area contributed by atoms with E-state index in [0.29, 0.717) is 0 Å². The van der Waals surface area contributed by atoms with Crippen LogP contribution in [0, 0.1) is 0 Å². The van der Waals surface area contributed by atoms with E-state index in [1.165, 1.54) is 0 Å². The second kappa shape index (κ2) is 6.34. The molecule has 0 saturated carbocycles. The van der Waals surface area contributed by atoms with Gasteiger partial charge >= 0.3 is 0 Å². The van der Waals surface area contributed by atoms with Crippen LogP contribution in [0.3, 0.4) is 0 Å². The lowest BCUT2D eigenvalue weighted by atomic mass is 10.4. The number of nitrogens with one attached hydrogen (secondary N) is 1. The van der Waals surface area contributed by atoms with Crippen molar-refractivity contribution in [2.45, 2.75) is 32.9 Å². The van der Waals surface area contributed by atoms with Gasteiger partial charge in [0.25, 0.3) is 0 Å². The minimum absolute atomic E-state index is 0.0160. The van der Waals surface area contributed by atoms with Crippen molar-refractivity contribution in [2.75, 3.05) is 18.9 Å². The fourth-order valence-corrected chi connectivity index (χ4v) is 1.70. The third-order valence-electron chi connectivity index (χ3n) is 1.43. The molecular formula is C8H20N2O3S. The topological polar surface area (TPSA) is 81.4 Å². The SMILES string of the molecule is CC(N)CNS(=O)(=O)CCOC(C)C. The maximum atomic E-state index is 11.3. The number of hydrogen-bond acceptors (Lipinski definition) is 4. The molecule has 0 saturated heterocycles. The van der Waals surface area contributed by atoms with Crippen LogP contribution in [0.15, 0.2) is 0 Å². The summed E-state index contributed by atoms with van der Waals surface area (Å²) in [7, 11) is -3.23. The summed E-state index contributed by atoms with van der Waals surface area (Å²) in [5.41, 5.74) is 5.42. The van der Waals surface area contributed by atoms with Crippen LogP contribution in [0.4, 0.5) is 0 Å². The maximum absolute atomic E-state index is 11.3. The van der Waals surface area contributed by atoms with Crippen LogP contribution in [0.25, 0.3) is 0 Å². The van der Waals surface area contributed by atoms with E-state index in [2.05, 4.69) is 4.72 Å². The van der Waals surface area contributed by atoms with Crippen LogP contribution in [-0.2, 0) is 14.8 Å². The van der Waals surface area contributed by atoms with Gasteiger partial charge in [0.2, 0.25) is 10.0 Å². The molecule has 0 amide bonds. The third-order valence-corrected chi connectivity index (χ3v) is 2.74. The second-order valence-electron chi connectivity index (χ2n) is 3.56. The Morgan fingerprint density at radius 1 is 1.36 bits per heavy atom. The van der Waals surface area contributed by atoms with Gasteiger partial charge in [-0.3, -0.25) is 0 Å². The van der Waals surface area contributed by atoms with Gasteiger partial charge < -0.3 is 10.5 Å². The van der Waals surface area contributed by atoms with E-state index >= 15 is 0 Å². The summed E-state index contributed by atoms with van der Waals surface area (Å²) >= 11 is 0. The number of rotatable bonds is 7. The first-order chi connectivity index (χ1) is 6.33. The summed E-state index contributed by atoms with van der Waals surface area (Å²) < 4.78 is 30.1. The van der Waals surface area contributed by atoms with Crippen LogP contribution in [0.1, 0.15) is 20.8 Å². The van der Waals surface area contributed by atoms with Crippen LogP contribution in [-0.4, -0.2) is 39.5 Å². The Morgan fingerprint density at radius 3 is 2.36 bits per heavy atom. The van der Waals surface area contributed by atoms with Crippen LogP contribution >= 0.6 is 0 Å². The van der Waals surface area contributed by atoms with Gasteiger partial charge in [0, 0.05) is 12.6 Å². The summed E-state index contributed by atoms with van der Waals surface area (Å²) in [5, 5.41) is 0.